The van der Waals surface area contributed by atoms with Crippen LogP contribution in [0, 0.1) is 5.92 Å². The maximum atomic E-state index is 12.9. The van der Waals surface area contributed by atoms with E-state index in [-0.39, 0.29) is 6.09 Å². The van der Waals surface area contributed by atoms with Gasteiger partial charge in [0.05, 0.1) is 5.69 Å². The van der Waals surface area contributed by atoms with Crippen molar-refractivity contribution in [3.05, 3.63) is 77.9 Å². The number of ether oxygens (including phenoxy) is 1. The summed E-state index contributed by atoms with van der Waals surface area (Å²) < 4.78 is 5.71. The Morgan fingerprint density at radius 3 is 2.56 bits per heavy atom. The lowest BCUT2D eigenvalue weighted by Crippen LogP contribution is -2.43. The van der Waals surface area contributed by atoms with Crippen LogP contribution >= 0.6 is 0 Å². The molecule has 3 aromatic carbocycles. The van der Waals surface area contributed by atoms with Gasteiger partial charge < -0.3 is 4.74 Å². The summed E-state index contributed by atoms with van der Waals surface area (Å²) in [5, 5.41) is 2.68. The van der Waals surface area contributed by atoms with Crippen LogP contribution in [0.4, 0.5) is 10.5 Å². The quantitative estimate of drug-likeness (QED) is 0.415. The molecule has 3 aromatic rings. The van der Waals surface area contributed by atoms with Crippen LogP contribution < -0.4 is 4.90 Å². The topological polar surface area (TPSA) is 29.5 Å². The molecule has 0 saturated heterocycles. The number of benzene rings is 3. The number of hydrogen-bond donors (Lipinski definition) is 0. The number of fused-ring (bicyclic) bond motifs is 2. The Labute approximate surface area is 192 Å². The van der Waals surface area contributed by atoms with Crippen LogP contribution in [0.15, 0.2) is 66.7 Å². The molecule has 32 heavy (non-hydrogen) atoms. The normalized spacial score (nSPS) is 17.1. The molecule has 1 aliphatic heterocycles. The molecule has 0 spiro atoms. The minimum atomic E-state index is -0.493. The molecule has 0 radical (unpaired) electrons. The van der Waals surface area contributed by atoms with Crippen LogP contribution in [0.3, 0.4) is 0 Å². The van der Waals surface area contributed by atoms with Gasteiger partial charge >= 0.3 is 6.09 Å². The molecule has 1 heterocycles. The van der Waals surface area contributed by atoms with Gasteiger partial charge in [0.2, 0.25) is 0 Å². The minimum Gasteiger partial charge on any atom is -0.443 e. The zero-order valence-electron chi connectivity index (χ0n) is 19.8. The van der Waals surface area contributed by atoms with Crippen LogP contribution in [0.25, 0.3) is 10.8 Å². The Bertz CT molecular complexity index is 1080. The number of amides is 1. The van der Waals surface area contributed by atoms with Crippen molar-refractivity contribution in [2.45, 2.75) is 64.9 Å². The first kappa shape index (κ1) is 22.4. The van der Waals surface area contributed by atoms with Gasteiger partial charge in [-0.2, -0.15) is 0 Å². The fourth-order valence-corrected chi connectivity index (χ4v) is 4.91. The van der Waals surface area contributed by atoms with Gasteiger partial charge in [-0.1, -0.05) is 74.0 Å². The van der Waals surface area contributed by atoms with E-state index in [0.717, 1.165) is 37.9 Å². The lowest BCUT2D eigenvalue weighted by molar-refractivity contribution is 0.0570. The number of carbonyl (C=O) groups excluding carboxylic acids is 1. The van der Waals surface area contributed by atoms with Gasteiger partial charge in [0.25, 0.3) is 0 Å². The summed E-state index contributed by atoms with van der Waals surface area (Å²) in [6.07, 6.45) is 4.21. The first-order valence-electron chi connectivity index (χ1n) is 11.9. The summed E-state index contributed by atoms with van der Waals surface area (Å²) in [5.41, 5.74) is 3.19. The molecule has 4 rings (SSSR count). The Morgan fingerprint density at radius 2 is 1.75 bits per heavy atom. The lowest BCUT2D eigenvalue weighted by atomic mass is 9.86. The monoisotopic (exact) mass is 429 g/mol. The molecule has 2 atom stereocenters. The molecular formula is C29H35NO2. The number of carbonyl (C=O) groups is 1. The van der Waals surface area contributed by atoms with E-state index in [1.165, 1.54) is 21.9 Å². The number of nitrogens with zero attached hydrogens (tertiary/aromatic N) is 1. The number of rotatable bonds is 5. The van der Waals surface area contributed by atoms with Gasteiger partial charge in [-0.05, 0) is 79.8 Å². The van der Waals surface area contributed by atoms with Crippen LogP contribution in [-0.4, -0.2) is 18.2 Å². The maximum absolute atomic E-state index is 12.9. The van der Waals surface area contributed by atoms with E-state index in [2.05, 4.69) is 61.5 Å². The van der Waals surface area contributed by atoms with E-state index in [4.69, 9.17) is 4.74 Å². The SMILES string of the molecule is C[C@@H](CCCC1Cc2ccccc2N(C(=O)OC(C)(C)C)C1)c1cccc2ccccc12. The predicted molar refractivity (Wildman–Crippen MR) is 133 cm³/mol. The summed E-state index contributed by atoms with van der Waals surface area (Å²) in [4.78, 5) is 14.8. The van der Waals surface area contributed by atoms with Crippen molar-refractivity contribution >= 4 is 22.6 Å². The van der Waals surface area contributed by atoms with E-state index in [9.17, 15) is 4.79 Å². The first-order valence-corrected chi connectivity index (χ1v) is 11.9. The van der Waals surface area contributed by atoms with E-state index in [1.54, 1.807) is 0 Å². The Hall–Kier alpha value is -2.81. The third-order valence-corrected chi connectivity index (χ3v) is 6.45. The van der Waals surface area contributed by atoms with Gasteiger partial charge in [0, 0.05) is 6.54 Å². The highest BCUT2D eigenvalue weighted by atomic mass is 16.6. The minimum absolute atomic E-state index is 0.237. The summed E-state index contributed by atoms with van der Waals surface area (Å²) in [6.45, 7) is 8.84. The van der Waals surface area contributed by atoms with E-state index in [0.29, 0.717) is 11.8 Å². The van der Waals surface area contributed by atoms with E-state index < -0.39 is 5.60 Å². The molecule has 0 aromatic heterocycles. The zero-order valence-corrected chi connectivity index (χ0v) is 19.8. The molecule has 0 bridgehead atoms. The molecule has 1 unspecified atom stereocenters. The molecular weight excluding hydrogens is 394 g/mol. The average molecular weight is 430 g/mol. The molecule has 0 fully saturated rings. The van der Waals surface area contributed by atoms with Crippen molar-refractivity contribution < 1.29 is 9.53 Å². The third-order valence-electron chi connectivity index (χ3n) is 6.45. The van der Waals surface area contributed by atoms with Crippen molar-refractivity contribution in [1.82, 2.24) is 0 Å². The number of anilines is 1. The maximum Gasteiger partial charge on any atom is 0.414 e. The molecule has 0 saturated carbocycles. The zero-order chi connectivity index (χ0) is 22.7. The second-order valence-corrected chi connectivity index (χ2v) is 10.2. The Balaban J connectivity index is 1.42. The first-order chi connectivity index (χ1) is 15.3. The second kappa shape index (κ2) is 9.36. The Kier molecular flexibility index (Phi) is 6.55. The van der Waals surface area contributed by atoms with Gasteiger partial charge in [0.1, 0.15) is 5.60 Å². The van der Waals surface area contributed by atoms with Gasteiger partial charge in [-0.3, -0.25) is 4.90 Å². The predicted octanol–water partition coefficient (Wildman–Crippen LogP) is 7.73. The van der Waals surface area contributed by atoms with Crippen molar-refractivity contribution in [2.75, 3.05) is 11.4 Å². The number of hydrogen-bond acceptors (Lipinski definition) is 2. The molecule has 1 amide bonds. The summed E-state index contributed by atoms with van der Waals surface area (Å²) in [7, 11) is 0. The van der Waals surface area contributed by atoms with Crippen LogP contribution in [0.1, 0.15) is 64.0 Å². The van der Waals surface area contributed by atoms with Gasteiger partial charge in [0.15, 0.2) is 0 Å². The standard InChI is InChI=1S/C29H35NO2/c1-21(25-17-10-15-23-13-5-7-16-26(23)25)11-9-12-22-19-24-14-6-8-18-27(24)30(20-22)28(31)32-29(2,3)4/h5-8,10,13-18,21-22H,9,11-12,19-20H2,1-4H3/t21-,22?/m0/s1. The smallest absolute Gasteiger partial charge is 0.414 e. The van der Waals surface area contributed by atoms with Crippen molar-refractivity contribution in [3.63, 3.8) is 0 Å². The summed E-state index contributed by atoms with van der Waals surface area (Å²) in [5.74, 6) is 0.969. The fraction of sp³-hybridized carbons (Fsp3) is 0.414. The molecule has 0 aliphatic carbocycles. The van der Waals surface area contributed by atoms with Crippen LogP contribution in [-0.2, 0) is 11.2 Å². The highest BCUT2D eigenvalue weighted by Crippen LogP contribution is 2.34. The second-order valence-electron chi connectivity index (χ2n) is 10.2. The van der Waals surface area contributed by atoms with Crippen molar-refractivity contribution in [1.29, 1.82) is 0 Å². The molecule has 168 valence electrons. The largest absolute Gasteiger partial charge is 0.443 e. The van der Waals surface area contributed by atoms with Crippen molar-refractivity contribution in [3.8, 4) is 0 Å². The molecule has 3 heteroatoms. The van der Waals surface area contributed by atoms with E-state index >= 15 is 0 Å². The number of para-hydroxylation sites is 1. The van der Waals surface area contributed by atoms with Crippen LogP contribution in [0.2, 0.25) is 0 Å². The Morgan fingerprint density at radius 1 is 1.03 bits per heavy atom. The molecule has 0 N–H and O–H groups in total. The third kappa shape index (κ3) is 5.15. The summed E-state index contributed by atoms with van der Waals surface area (Å²) >= 11 is 0. The molecule has 1 aliphatic rings. The highest BCUT2D eigenvalue weighted by molar-refractivity contribution is 5.89. The average Bonchev–Trinajstić information content (AvgIpc) is 2.77. The highest BCUT2D eigenvalue weighted by Gasteiger charge is 2.31. The van der Waals surface area contributed by atoms with Crippen LogP contribution in [0.5, 0.6) is 0 Å². The molecule has 3 nitrogen and oxygen atoms in total. The fourth-order valence-electron chi connectivity index (χ4n) is 4.91. The van der Waals surface area contributed by atoms with E-state index in [1.807, 2.05) is 37.8 Å². The van der Waals surface area contributed by atoms with Gasteiger partial charge in [-0.15, -0.1) is 0 Å². The lowest BCUT2D eigenvalue weighted by Gasteiger charge is -2.35. The summed E-state index contributed by atoms with van der Waals surface area (Å²) in [6, 6.07) is 23.6. The van der Waals surface area contributed by atoms with Crippen molar-refractivity contribution in [2.24, 2.45) is 5.92 Å². The van der Waals surface area contributed by atoms with Gasteiger partial charge in [-0.25, -0.2) is 4.79 Å².